The SMILES string of the molecule is O=C(COc1ccc(-c2nc3ccccc3s2)cc1)Nc1ccc(F)c(Cl)c1. The van der Waals surface area contributed by atoms with Crippen LogP contribution in [-0.4, -0.2) is 17.5 Å². The van der Waals surface area contributed by atoms with Crippen molar-refractivity contribution in [2.24, 2.45) is 0 Å². The topological polar surface area (TPSA) is 51.2 Å². The molecule has 1 heterocycles. The van der Waals surface area contributed by atoms with E-state index >= 15 is 0 Å². The number of nitrogens with zero attached hydrogens (tertiary/aromatic N) is 1. The molecule has 0 spiro atoms. The predicted octanol–water partition coefficient (Wildman–Crippen LogP) is 5.77. The van der Waals surface area contributed by atoms with Crippen LogP contribution >= 0.6 is 22.9 Å². The van der Waals surface area contributed by atoms with Crippen LogP contribution in [0.25, 0.3) is 20.8 Å². The summed E-state index contributed by atoms with van der Waals surface area (Å²) in [6, 6.07) is 19.4. The molecule has 0 atom stereocenters. The number of aromatic nitrogens is 1. The number of ether oxygens (including phenoxy) is 1. The van der Waals surface area contributed by atoms with Crippen molar-refractivity contribution in [3.8, 4) is 16.3 Å². The van der Waals surface area contributed by atoms with Crippen LogP contribution in [0.2, 0.25) is 5.02 Å². The molecule has 0 bridgehead atoms. The molecule has 7 heteroatoms. The van der Waals surface area contributed by atoms with Gasteiger partial charge in [0.15, 0.2) is 6.61 Å². The third-order valence-electron chi connectivity index (χ3n) is 3.97. The summed E-state index contributed by atoms with van der Waals surface area (Å²) in [6.45, 7) is -0.171. The van der Waals surface area contributed by atoms with E-state index in [0.717, 1.165) is 20.8 Å². The first-order chi connectivity index (χ1) is 13.6. The summed E-state index contributed by atoms with van der Waals surface area (Å²) in [5.74, 6) is -0.334. The largest absolute Gasteiger partial charge is 0.484 e. The van der Waals surface area contributed by atoms with Gasteiger partial charge >= 0.3 is 0 Å². The molecule has 0 radical (unpaired) electrons. The number of carbonyl (C=O) groups excluding carboxylic acids is 1. The van der Waals surface area contributed by atoms with Crippen LogP contribution in [0.1, 0.15) is 0 Å². The molecule has 4 aromatic rings. The van der Waals surface area contributed by atoms with Gasteiger partial charge in [0.2, 0.25) is 0 Å². The molecule has 0 aliphatic rings. The second-order valence-electron chi connectivity index (χ2n) is 5.98. The van der Waals surface area contributed by atoms with Crippen molar-refractivity contribution in [2.45, 2.75) is 0 Å². The average molecular weight is 413 g/mol. The van der Waals surface area contributed by atoms with E-state index in [9.17, 15) is 9.18 Å². The molecule has 4 rings (SSSR count). The fraction of sp³-hybridized carbons (Fsp3) is 0.0476. The van der Waals surface area contributed by atoms with E-state index in [2.05, 4.69) is 10.3 Å². The highest BCUT2D eigenvalue weighted by molar-refractivity contribution is 7.21. The summed E-state index contributed by atoms with van der Waals surface area (Å²) in [5.41, 5.74) is 2.37. The summed E-state index contributed by atoms with van der Waals surface area (Å²) < 4.78 is 19.8. The summed E-state index contributed by atoms with van der Waals surface area (Å²) >= 11 is 7.32. The first kappa shape index (κ1) is 18.4. The number of fused-ring (bicyclic) bond motifs is 1. The molecule has 1 N–H and O–H groups in total. The van der Waals surface area contributed by atoms with E-state index in [-0.39, 0.29) is 17.5 Å². The quantitative estimate of drug-likeness (QED) is 0.452. The Morgan fingerprint density at radius 3 is 2.64 bits per heavy atom. The third-order valence-corrected chi connectivity index (χ3v) is 5.34. The highest BCUT2D eigenvalue weighted by Gasteiger charge is 2.08. The van der Waals surface area contributed by atoms with Crippen molar-refractivity contribution in [3.05, 3.63) is 77.6 Å². The molecule has 0 fully saturated rings. The minimum absolute atomic E-state index is 0.0517. The molecule has 4 nitrogen and oxygen atoms in total. The molecule has 1 amide bonds. The lowest BCUT2D eigenvalue weighted by molar-refractivity contribution is -0.118. The molecule has 0 unspecified atom stereocenters. The highest BCUT2D eigenvalue weighted by Crippen LogP contribution is 2.30. The van der Waals surface area contributed by atoms with Crippen molar-refractivity contribution in [1.82, 2.24) is 4.98 Å². The van der Waals surface area contributed by atoms with E-state index < -0.39 is 5.82 Å². The van der Waals surface area contributed by atoms with Gasteiger partial charge in [-0.1, -0.05) is 23.7 Å². The molecule has 0 aliphatic carbocycles. The van der Waals surface area contributed by atoms with Gasteiger partial charge in [-0.15, -0.1) is 11.3 Å². The summed E-state index contributed by atoms with van der Waals surface area (Å²) in [4.78, 5) is 16.6. The van der Waals surface area contributed by atoms with Gasteiger partial charge in [-0.2, -0.15) is 0 Å². The lowest BCUT2D eigenvalue weighted by atomic mass is 10.2. The van der Waals surface area contributed by atoms with Gasteiger partial charge in [-0.25, -0.2) is 9.37 Å². The van der Waals surface area contributed by atoms with Gasteiger partial charge in [0.25, 0.3) is 5.91 Å². The number of benzene rings is 3. The molecule has 0 saturated carbocycles. The number of anilines is 1. The van der Waals surface area contributed by atoms with E-state index in [4.69, 9.17) is 16.3 Å². The van der Waals surface area contributed by atoms with Gasteiger partial charge in [0.05, 0.1) is 15.2 Å². The zero-order valence-corrected chi connectivity index (χ0v) is 16.1. The second kappa shape index (κ2) is 7.96. The Morgan fingerprint density at radius 1 is 1.11 bits per heavy atom. The van der Waals surface area contributed by atoms with Gasteiger partial charge < -0.3 is 10.1 Å². The maximum absolute atomic E-state index is 13.1. The van der Waals surface area contributed by atoms with E-state index in [0.29, 0.717) is 11.4 Å². The van der Waals surface area contributed by atoms with Crippen LogP contribution in [0.3, 0.4) is 0 Å². The van der Waals surface area contributed by atoms with Gasteiger partial charge in [-0.3, -0.25) is 4.79 Å². The Bertz CT molecular complexity index is 1110. The van der Waals surface area contributed by atoms with Crippen LogP contribution < -0.4 is 10.1 Å². The van der Waals surface area contributed by atoms with Crippen LogP contribution in [0.4, 0.5) is 10.1 Å². The molecular formula is C21H14ClFN2O2S. The predicted molar refractivity (Wildman–Crippen MR) is 111 cm³/mol. The first-order valence-electron chi connectivity index (χ1n) is 8.42. The van der Waals surface area contributed by atoms with E-state index in [1.165, 1.54) is 18.2 Å². The molecule has 140 valence electrons. The summed E-state index contributed by atoms with van der Waals surface area (Å²) in [6.07, 6.45) is 0. The Balaban J connectivity index is 1.37. The van der Waals surface area contributed by atoms with Crippen LogP contribution in [0.5, 0.6) is 5.75 Å². The second-order valence-corrected chi connectivity index (χ2v) is 7.41. The minimum atomic E-state index is -0.538. The first-order valence-corrected chi connectivity index (χ1v) is 9.62. The van der Waals surface area contributed by atoms with Crippen LogP contribution in [-0.2, 0) is 4.79 Å². The van der Waals surface area contributed by atoms with Crippen molar-refractivity contribution in [1.29, 1.82) is 0 Å². The Kier molecular flexibility index (Phi) is 5.23. The summed E-state index contributed by atoms with van der Waals surface area (Å²) in [5, 5.41) is 3.49. The summed E-state index contributed by atoms with van der Waals surface area (Å²) in [7, 11) is 0. The molecule has 3 aromatic carbocycles. The highest BCUT2D eigenvalue weighted by atomic mass is 35.5. The smallest absolute Gasteiger partial charge is 0.262 e. The van der Waals surface area contributed by atoms with Gasteiger partial charge in [0.1, 0.15) is 16.6 Å². The zero-order valence-electron chi connectivity index (χ0n) is 14.5. The number of hydrogen-bond acceptors (Lipinski definition) is 4. The maximum Gasteiger partial charge on any atom is 0.262 e. The average Bonchev–Trinajstić information content (AvgIpc) is 3.14. The number of carbonyl (C=O) groups is 1. The van der Waals surface area contributed by atoms with Crippen LogP contribution in [0.15, 0.2) is 66.7 Å². The number of nitrogens with one attached hydrogen (secondary N) is 1. The molecule has 1 aromatic heterocycles. The number of thiazole rings is 1. The Labute approximate surface area is 169 Å². The standard InChI is InChI=1S/C21H14ClFN2O2S/c22-16-11-14(7-10-17(16)23)24-20(26)12-27-15-8-5-13(6-9-15)21-25-18-3-1-2-4-19(18)28-21/h1-11H,12H2,(H,24,26). The molecular weight excluding hydrogens is 399 g/mol. The molecule has 0 aliphatic heterocycles. The number of rotatable bonds is 5. The fourth-order valence-electron chi connectivity index (χ4n) is 2.61. The molecule has 28 heavy (non-hydrogen) atoms. The number of amides is 1. The Morgan fingerprint density at radius 2 is 1.89 bits per heavy atom. The minimum Gasteiger partial charge on any atom is -0.484 e. The van der Waals surface area contributed by atoms with E-state index in [1.807, 2.05) is 36.4 Å². The normalized spacial score (nSPS) is 10.8. The number of para-hydroxylation sites is 1. The monoisotopic (exact) mass is 412 g/mol. The van der Waals surface area contributed by atoms with Crippen molar-refractivity contribution < 1.29 is 13.9 Å². The Hall–Kier alpha value is -2.96. The lowest BCUT2D eigenvalue weighted by Gasteiger charge is -2.08. The number of hydrogen-bond donors (Lipinski definition) is 1. The fourth-order valence-corrected chi connectivity index (χ4v) is 3.76. The van der Waals surface area contributed by atoms with Crippen LogP contribution in [0, 0.1) is 5.82 Å². The third kappa shape index (κ3) is 4.13. The van der Waals surface area contributed by atoms with Crippen molar-refractivity contribution in [2.75, 3.05) is 11.9 Å². The molecule has 0 saturated heterocycles. The van der Waals surface area contributed by atoms with E-state index in [1.54, 1.807) is 23.5 Å². The van der Waals surface area contributed by atoms with Crippen molar-refractivity contribution >= 4 is 44.7 Å². The number of halogens is 2. The van der Waals surface area contributed by atoms with Gasteiger partial charge in [-0.05, 0) is 54.6 Å². The lowest BCUT2D eigenvalue weighted by Crippen LogP contribution is -2.20. The maximum atomic E-state index is 13.1. The van der Waals surface area contributed by atoms with Gasteiger partial charge in [0, 0.05) is 11.3 Å². The zero-order chi connectivity index (χ0) is 19.5. The van der Waals surface area contributed by atoms with Crippen molar-refractivity contribution in [3.63, 3.8) is 0 Å².